The number of carbonyl (C=O) groups is 1. The van der Waals surface area contributed by atoms with Gasteiger partial charge in [0, 0.05) is 57.6 Å². The van der Waals surface area contributed by atoms with E-state index < -0.39 is 0 Å². The van der Waals surface area contributed by atoms with Gasteiger partial charge in [0.15, 0.2) is 0 Å². The molecule has 1 saturated heterocycles. The van der Waals surface area contributed by atoms with Crippen LogP contribution in [0, 0.1) is 6.92 Å². The van der Waals surface area contributed by atoms with Crippen LogP contribution in [-0.2, 0) is 6.54 Å². The second-order valence-corrected chi connectivity index (χ2v) is 6.98. The lowest BCUT2D eigenvalue weighted by molar-refractivity contribution is 0.0958. The number of rotatable bonds is 4. The van der Waals surface area contributed by atoms with Gasteiger partial charge in [-0.1, -0.05) is 0 Å². The normalized spacial score (nSPS) is 15.1. The summed E-state index contributed by atoms with van der Waals surface area (Å²) < 4.78 is 1.72. The standard InChI is InChI=1S/C19H23N7O2/c1-13-11-26-17(22-18(13)27)9-14(23-26)12-24-5-7-25(8-6-24)15-3-4-16(21-10-15)19(28)20-2/h3-4,9-11H,5-8,12H2,1-2H3,(H,20,28)(H,22,27). The largest absolute Gasteiger partial charge is 0.368 e. The first-order valence-electron chi connectivity index (χ1n) is 9.27. The lowest BCUT2D eigenvalue weighted by Crippen LogP contribution is -2.46. The first-order valence-corrected chi connectivity index (χ1v) is 9.27. The number of hydrogen-bond acceptors (Lipinski definition) is 6. The molecule has 2 N–H and O–H groups in total. The number of piperazine rings is 1. The van der Waals surface area contributed by atoms with Crippen molar-refractivity contribution in [2.24, 2.45) is 0 Å². The number of anilines is 1. The minimum Gasteiger partial charge on any atom is -0.368 e. The Morgan fingerprint density at radius 2 is 2.04 bits per heavy atom. The van der Waals surface area contributed by atoms with Crippen molar-refractivity contribution in [3.63, 3.8) is 0 Å². The van der Waals surface area contributed by atoms with Gasteiger partial charge in [0.2, 0.25) is 0 Å². The Bertz CT molecular complexity index is 1050. The zero-order valence-electron chi connectivity index (χ0n) is 16.0. The number of fused-ring (bicyclic) bond motifs is 1. The third kappa shape index (κ3) is 3.61. The quantitative estimate of drug-likeness (QED) is 0.679. The Labute approximate surface area is 162 Å². The molecule has 0 spiro atoms. The van der Waals surface area contributed by atoms with E-state index >= 15 is 0 Å². The fraction of sp³-hybridized carbons (Fsp3) is 0.368. The van der Waals surface area contributed by atoms with Gasteiger partial charge in [-0.25, -0.2) is 9.50 Å². The summed E-state index contributed by atoms with van der Waals surface area (Å²) in [6, 6.07) is 5.61. The van der Waals surface area contributed by atoms with Gasteiger partial charge in [0.1, 0.15) is 11.3 Å². The van der Waals surface area contributed by atoms with Crippen molar-refractivity contribution in [3.8, 4) is 0 Å². The number of aromatic nitrogens is 4. The lowest BCUT2D eigenvalue weighted by atomic mass is 10.2. The molecule has 1 fully saturated rings. The summed E-state index contributed by atoms with van der Waals surface area (Å²) in [7, 11) is 1.60. The highest BCUT2D eigenvalue weighted by Gasteiger charge is 2.19. The zero-order valence-corrected chi connectivity index (χ0v) is 16.0. The van der Waals surface area contributed by atoms with Crippen molar-refractivity contribution in [1.29, 1.82) is 0 Å². The van der Waals surface area contributed by atoms with Crippen LogP contribution in [-0.4, -0.2) is 63.6 Å². The number of hydrogen-bond donors (Lipinski definition) is 2. The van der Waals surface area contributed by atoms with Crippen LogP contribution >= 0.6 is 0 Å². The molecule has 0 aliphatic carbocycles. The molecule has 1 aliphatic heterocycles. The number of nitrogens with zero attached hydrogens (tertiary/aromatic N) is 5. The number of pyridine rings is 1. The third-order valence-corrected chi connectivity index (χ3v) is 5.03. The molecule has 0 atom stereocenters. The molecule has 9 nitrogen and oxygen atoms in total. The molecule has 3 aromatic rings. The summed E-state index contributed by atoms with van der Waals surface area (Å²) in [5, 5.41) is 7.14. The van der Waals surface area contributed by atoms with E-state index in [-0.39, 0.29) is 11.5 Å². The number of aromatic amines is 1. The van der Waals surface area contributed by atoms with Crippen molar-refractivity contribution in [2.75, 3.05) is 38.1 Å². The number of H-pyrrole nitrogens is 1. The van der Waals surface area contributed by atoms with Crippen LogP contribution < -0.4 is 15.8 Å². The molecule has 1 amide bonds. The monoisotopic (exact) mass is 381 g/mol. The molecule has 4 rings (SSSR count). The Balaban J connectivity index is 1.38. The number of aryl methyl sites for hydroxylation is 1. The van der Waals surface area contributed by atoms with Gasteiger partial charge in [0.05, 0.1) is 17.6 Å². The molecule has 28 heavy (non-hydrogen) atoms. The molecule has 146 valence electrons. The summed E-state index contributed by atoms with van der Waals surface area (Å²) in [6.07, 6.45) is 3.51. The van der Waals surface area contributed by atoms with E-state index in [2.05, 4.69) is 30.2 Å². The Hall–Kier alpha value is -3.20. The lowest BCUT2D eigenvalue weighted by Gasteiger charge is -2.35. The Morgan fingerprint density at radius 1 is 1.25 bits per heavy atom. The van der Waals surface area contributed by atoms with Crippen molar-refractivity contribution >= 4 is 17.2 Å². The summed E-state index contributed by atoms with van der Waals surface area (Å²) >= 11 is 0. The van der Waals surface area contributed by atoms with Crippen molar-refractivity contribution in [2.45, 2.75) is 13.5 Å². The van der Waals surface area contributed by atoms with Crippen LogP contribution in [0.1, 0.15) is 21.7 Å². The second-order valence-electron chi connectivity index (χ2n) is 6.98. The average molecular weight is 381 g/mol. The van der Waals surface area contributed by atoms with Gasteiger partial charge in [-0.2, -0.15) is 5.10 Å². The highest BCUT2D eigenvalue weighted by atomic mass is 16.1. The Kier molecular flexibility index (Phi) is 4.82. The van der Waals surface area contributed by atoms with E-state index in [1.807, 2.05) is 12.1 Å². The summed E-state index contributed by atoms with van der Waals surface area (Å²) in [5.74, 6) is -0.180. The molecule has 4 heterocycles. The minimum absolute atomic E-state index is 0.0800. The molecule has 9 heteroatoms. The number of amides is 1. The molecule has 0 aromatic carbocycles. The fourth-order valence-electron chi connectivity index (χ4n) is 3.40. The molecular weight excluding hydrogens is 358 g/mol. The number of nitrogens with one attached hydrogen (secondary N) is 2. The van der Waals surface area contributed by atoms with E-state index in [0.29, 0.717) is 16.9 Å². The average Bonchev–Trinajstić information content (AvgIpc) is 3.09. The van der Waals surface area contributed by atoms with E-state index in [1.165, 1.54) is 0 Å². The van der Waals surface area contributed by atoms with E-state index in [1.54, 1.807) is 36.9 Å². The van der Waals surface area contributed by atoms with Gasteiger partial charge in [-0.3, -0.25) is 14.5 Å². The van der Waals surface area contributed by atoms with Crippen molar-refractivity contribution in [3.05, 3.63) is 57.9 Å². The summed E-state index contributed by atoms with van der Waals surface area (Å²) in [5.41, 5.74) is 3.66. The maximum Gasteiger partial charge on any atom is 0.269 e. The van der Waals surface area contributed by atoms with Crippen LogP contribution in [0.25, 0.3) is 5.65 Å². The highest BCUT2D eigenvalue weighted by Crippen LogP contribution is 2.17. The molecule has 0 radical (unpaired) electrons. The van der Waals surface area contributed by atoms with Crippen molar-refractivity contribution in [1.82, 2.24) is 29.8 Å². The topological polar surface area (TPSA) is 98.6 Å². The van der Waals surface area contributed by atoms with Gasteiger partial charge in [-0.05, 0) is 19.1 Å². The first-order chi connectivity index (χ1) is 13.5. The van der Waals surface area contributed by atoms with E-state index in [0.717, 1.165) is 44.1 Å². The van der Waals surface area contributed by atoms with Crippen LogP contribution in [0.3, 0.4) is 0 Å². The SMILES string of the molecule is CNC(=O)c1ccc(N2CCN(Cc3cc4[nH]c(=O)c(C)cn4n3)CC2)cn1. The van der Waals surface area contributed by atoms with E-state index in [4.69, 9.17) is 0 Å². The first kappa shape index (κ1) is 18.2. The van der Waals surface area contributed by atoms with Gasteiger partial charge in [0.25, 0.3) is 11.5 Å². The zero-order chi connectivity index (χ0) is 19.7. The van der Waals surface area contributed by atoms with Crippen molar-refractivity contribution < 1.29 is 4.79 Å². The van der Waals surface area contributed by atoms with Crippen LogP contribution in [0.2, 0.25) is 0 Å². The summed E-state index contributed by atoms with van der Waals surface area (Å²) in [6.45, 7) is 6.08. The second kappa shape index (κ2) is 7.43. The van der Waals surface area contributed by atoms with Crippen LogP contribution in [0.5, 0.6) is 0 Å². The molecule has 0 unspecified atom stereocenters. The Morgan fingerprint density at radius 3 is 2.71 bits per heavy atom. The third-order valence-electron chi connectivity index (χ3n) is 5.03. The van der Waals surface area contributed by atoms with Gasteiger partial charge < -0.3 is 15.2 Å². The van der Waals surface area contributed by atoms with Gasteiger partial charge >= 0.3 is 0 Å². The van der Waals surface area contributed by atoms with E-state index in [9.17, 15) is 9.59 Å². The van der Waals surface area contributed by atoms with Crippen LogP contribution in [0.15, 0.2) is 35.4 Å². The predicted octanol–water partition coefficient (Wildman–Crippen LogP) is 0.408. The number of carbonyl (C=O) groups excluding carboxylic acids is 1. The predicted molar refractivity (Wildman–Crippen MR) is 106 cm³/mol. The molecule has 3 aromatic heterocycles. The minimum atomic E-state index is -0.180. The maximum absolute atomic E-state index is 11.7. The van der Waals surface area contributed by atoms with Gasteiger partial charge in [-0.15, -0.1) is 0 Å². The molecular formula is C19H23N7O2. The molecule has 0 bridgehead atoms. The smallest absolute Gasteiger partial charge is 0.269 e. The molecule has 1 aliphatic rings. The summed E-state index contributed by atoms with van der Waals surface area (Å²) in [4.78, 5) is 35.0. The highest BCUT2D eigenvalue weighted by molar-refractivity contribution is 5.92. The molecule has 0 saturated carbocycles. The fourth-order valence-corrected chi connectivity index (χ4v) is 3.40. The van der Waals surface area contributed by atoms with Crippen LogP contribution in [0.4, 0.5) is 5.69 Å². The maximum atomic E-state index is 11.7.